The standard InChI is InChI=1S/C15H23NO2S/c1-4-14(13-7-5-12(2)6-8-13)16-15(3)9-10-19(17,18)11-15/h5-8,14,16H,4,9-11H2,1-3H3. The Morgan fingerprint density at radius 1 is 1.32 bits per heavy atom. The summed E-state index contributed by atoms with van der Waals surface area (Å²) in [6.45, 7) is 6.22. The predicted molar refractivity (Wildman–Crippen MR) is 79.0 cm³/mol. The second-order valence-electron chi connectivity index (χ2n) is 5.92. The molecule has 1 saturated heterocycles. The molecule has 0 aliphatic carbocycles. The fourth-order valence-corrected chi connectivity index (χ4v) is 4.87. The lowest BCUT2D eigenvalue weighted by Gasteiger charge is -2.30. The highest BCUT2D eigenvalue weighted by atomic mass is 32.2. The molecular formula is C15H23NO2S. The molecule has 0 bridgehead atoms. The van der Waals surface area contributed by atoms with Crippen molar-refractivity contribution in [2.24, 2.45) is 0 Å². The molecular weight excluding hydrogens is 258 g/mol. The highest BCUT2D eigenvalue weighted by Gasteiger charge is 2.39. The van der Waals surface area contributed by atoms with Crippen molar-refractivity contribution >= 4 is 9.84 Å². The van der Waals surface area contributed by atoms with Crippen LogP contribution in [0.2, 0.25) is 0 Å². The number of hydrogen-bond acceptors (Lipinski definition) is 3. The Morgan fingerprint density at radius 3 is 2.42 bits per heavy atom. The van der Waals surface area contributed by atoms with Gasteiger partial charge in [0.1, 0.15) is 0 Å². The van der Waals surface area contributed by atoms with E-state index in [2.05, 4.69) is 43.4 Å². The van der Waals surface area contributed by atoms with E-state index >= 15 is 0 Å². The van der Waals surface area contributed by atoms with E-state index in [1.54, 1.807) is 0 Å². The molecule has 2 rings (SSSR count). The summed E-state index contributed by atoms with van der Waals surface area (Å²) in [5.74, 6) is 0.559. The quantitative estimate of drug-likeness (QED) is 0.923. The molecule has 1 aromatic carbocycles. The number of hydrogen-bond donors (Lipinski definition) is 1. The van der Waals surface area contributed by atoms with Crippen molar-refractivity contribution in [1.82, 2.24) is 5.32 Å². The maximum absolute atomic E-state index is 11.7. The van der Waals surface area contributed by atoms with Crippen molar-refractivity contribution in [2.75, 3.05) is 11.5 Å². The van der Waals surface area contributed by atoms with Crippen LogP contribution in [0.1, 0.15) is 43.9 Å². The minimum Gasteiger partial charge on any atom is -0.304 e. The van der Waals surface area contributed by atoms with E-state index in [0.29, 0.717) is 12.2 Å². The van der Waals surface area contributed by atoms with Crippen LogP contribution >= 0.6 is 0 Å². The van der Waals surface area contributed by atoms with Crippen molar-refractivity contribution in [3.8, 4) is 0 Å². The van der Waals surface area contributed by atoms with Crippen LogP contribution in [-0.2, 0) is 9.84 Å². The Hall–Kier alpha value is -0.870. The van der Waals surface area contributed by atoms with Gasteiger partial charge in [-0.05, 0) is 32.3 Å². The third-order valence-electron chi connectivity index (χ3n) is 3.91. The Balaban J connectivity index is 2.14. The van der Waals surface area contributed by atoms with Crippen molar-refractivity contribution in [2.45, 2.75) is 45.2 Å². The first kappa shape index (κ1) is 14.5. The minimum absolute atomic E-state index is 0.221. The Bertz CT molecular complexity index is 536. The third-order valence-corrected chi connectivity index (χ3v) is 5.82. The molecule has 2 unspecified atom stereocenters. The molecule has 0 aromatic heterocycles. The van der Waals surface area contributed by atoms with Crippen LogP contribution in [0.4, 0.5) is 0 Å². The zero-order chi connectivity index (χ0) is 14.1. The van der Waals surface area contributed by atoms with Crippen LogP contribution in [0.5, 0.6) is 0 Å². The molecule has 0 radical (unpaired) electrons. The highest BCUT2D eigenvalue weighted by molar-refractivity contribution is 7.91. The molecule has 19 heavy (non-hydrogen) atoms. The fourth-order valence-electron chi connectivity index (χ4n) is 2.76. The van der Waals surface area contributed by atoms with E-state index in [4.69, 9.17) is 0 Å². The van der Waals surface area contributed by atoms with Crippen molar-refractivity contribution in [3.05, 3.63) is 35.4 Å². The topological polar surface area (TPSA) is 46.2 Å². The van der Waals surface area contributed by atoms with Gasteiger partial charge in [-0.25, -0.2) is 8.42 Å². The van der Waals surface area contributed by atoms with E-state index in [1.165, 1.54) is 11.1 Å². The molecule has 4 heteroatoms. The molecule has 1 N–H and O–H groups in total. The molecule has 0 amide bonds. The van der Waals surface area contributed by atoms with Gasteiger partial charge in [-0.15, -0.1) is 0 Å². The second-order valence-corrected chi connectivity index (χ2v) is 8.10. The summed E-state index contributed by atoms with van der Waals surface area (Å²) < 4.78 is 23.3. The normalized spacial score (nSPS) is 27.3. The largest absolute Gasteiger partial charge is 0.304 e. The minimum atomic E-state index is -2.86. The molecule has 1 aliphatic heterocycles. The lowest BCUT2D eigenvalue weighted by atomic mass is 9.96. The molecule has 106 valence electrons. The summed E-state index contributed by atoms with van der Waals surface area (Å²) in [5, 5.41) is 3.55. The lowest BCUT2D eigenvalue weighted by Crippen LogP contribution is -2.45. The van der Waals surface area contributed by atoms with Gasteiger partial charge in [0.2, 0.25) is 0 Å². The SMILES string of the molecule is CCC(NC1(C)CCS(=O)(=O)C1)c1ccc(C)cc1. The van der Waals surface area contributed by atoms with Crippen molar-refractivity contribution in [1.29, 1.82) is 0 Å². The molecule has 0 spiro atoms. The average Bonchev–Trinajstić information content (AvgIpc) is 2.62. The zero-order valence-corrected chi connectivity index (χ0v) is 12.8. The van der Waals surface area contributed by atoms with Crippen LogP contribution in [0, 0.1) is 6.92 Å². The monoisotopic (exact) mass is 281 g/mol. The van der Waals surface area contributed by atoms with Gasteiger partial charge in [-0.1, -0.05) is 36.8 Å². The summed E-state index contributed by atoms with van der Waals surface area (Å²) in [6.07, 6.45) is 1.66. The first-order chi connectivity index (χ1) is 8.84. The molecule has 1 aromatic rings. The van der Waals surface area contributed by atoms with Crippen LogP contribution in [-0.4, -0.2) is 25.5 Å². The van der Waals surface area contributed by atoms with Crippen LogP contribution < -0.4 is 5.32 Å². The van der Waals surface area contributed by atoms with Crippen LogP contribution in [0.15, 0.2) is 24.3 Å². The second kappa shape index (κ2) is 5.25. The van der Waals surface area contributed by atoms with Crippen LogP contribution in [0.3, 0.4) is 0 Å². The Kier molecular flexibility index (Phi) is 4.02. The molecule has 1 fully saturated rings. The molecule has 1 aliphatic rings. The van der Waals surface area contributed by atoms with Gasteiger partial charge in [-0.2, -0.15) is 0 Å². The van der Waals surface area contributed by atoms with Gasteiger partial charge >= 0.3 is 0 Å². The van der Waals surface area contributed by atoms with E-state index in [1.807, 2.05) is 6.92 Å². The van der Waals surface area contributed by atoms with Crippen molar-refractivity contribution < 1.29 is 8.42 Å². The molecule has 2 atom stereocenters. The van der Waals surface area contributed by atoms with E-state index in [-0.39, 0.29) is 17.3 Å². The summed E-state index contributed by atoms with van der Waals surface area (Å²) in [6, 6.07) is 8.69. The van der Waals surface area contributed by atoms with E-state index < -0.39 is 9.84 Å². The Labute approximate surface area is 116 Å². The molecule has 0 saturated carbocycles. The average molecular weight is 281 g/mol. The van der Waals surface area contributed by atoms with Gasteiger partial charge in [-0.3, -0.25) is 0 Å². The van der Waals surface area contributed by atoms with Gasteiger partial charge in [0, 0.05) is 11.6 Å². The van der Waals surface area contributed by atoms with Crippen LogP contribution in [0.25, 0.3) is 0 Å². The van der Waals surface area contributed by atoms with Gasteiger partial charge in [0.25, 0.3) is 0 Å². The highest BCUT2D eigenvalue weighted by Crippen LogP contribution is 2.28. The lowest BCUT2D eigenvalue weighted by molar-refractivity contribution is 0.337. The number of sulfone groups is 1. The summed E-state index contributed by atoms with van der Waals surface area (Å²) in [7, 11) is -2.86. The maximum atomic E-state index is 11.7. The first-order valence-corrected chi connectivity index (χ1v) is 8.70. The number of nitrogens with one attached hydrogen (secondary N) is 1. The van der Waals surface area contributed by atoms with Gasteiger partial charge in [0.15, 0.2) is 9.84 Å². The van der Waals surface area contributed by atoms with Crippen molar-refractivity contribution in [3.63, 3.8) is 0 Å². The van der Waals surface area contributed by atoms with E-state index in [9.17, 15) is 8.42 Å². The fraction of sp³-hybridized carbons (Fsp3) is 0.600. The zero-order valence-electron chi connectivity index (χ0n) is 11.9. The number of aryl methyl sites for hydroxylation is 1. The number of rotatable bonds is 4. The van der Waals surface area contributed by atoms with E-state index in [0.717, 1.165) is 6.42 Å². The summed E-state index contributed by atoms with van der Waals surface area (Å²) >= 11 is 0. The Morgan fingerprint density at radius 2 is 1.95 bits per heavy atom. The number of benzene rings is 1. The third kappa shape index (κ3) is 3.57. The summed E-state index contributed by atoms with van der Waals surface area (Å²) in [4.78, 5) is 0. The smallest absolute Gasteiger partial charge is 0.152 e. The van der Waals surface area contributed by atoms with Gasteiger partial charge < -0.3 is 5.32 Å². The van der Waals surface area contributed by atoms with Gasteiger partial charge in [0.05, 0.1) is 11.5 Å². The molecule has 3 nitrogen and oxygen atoms in total. The first-order valence-electron chi connectivity index (χ1n) is 6.88. The predicted octanol–water partition coefficient (Wildman–Crippen LogP) is 2.61. The maximum Gasteiger partial charge on any atom is 0.152 e. The molecule has 1 heterocycles. The summed E-state index contributed by atoms with van der Waals surface area (Å²) in [5.41, 5.74) is 2.19.